The van der Waals surface area contributed by atoms with E-state index in [1.54, 1.807) is 20.8 Å². The monoisotopic (exact) mass is 261 g/mol. The topological polar surface area (TPSA) is 89.6 Å². The van der Waals surface area contributed by atoms with E-state index in [4.69, 9.17) is 15.6 Å². The van der Waals surface area contributed by atoms with Gasteiger partial charge in [0.1, 0.15) is 16.4 Å². The Morgan fingerprint density at radius 2 is 2.06 bits per heavy atom. The molecule has 5 nitrogen and oxygen atoms in total. The second-order valence-corrected chi connectivity index (χ2v) is 6.45. The lowest BCUT2D eigenvalue weighted by Gasteiger charge is -2.36. The van der Waals surface area contributed by atoms with Crippen LogP contribution in [0.1, 0.15) is 33.6 Å². The van der Waals surface area contributed by atoms with Crippen LogP contribution >= 0.6 is 11.8 Å². The number of rotatable bonds is 2. The van der Waals surface area contributed by atoms with Gasteiger partial charge in [-0.15, -0.1) is 11.8 Å². The molecule has 0 aliphatic carbocycles. The molecule has 1 fully saturated rings. The first-order valence-electron chi connectivity index (χ1n) is 5.53. The van der Waals surface area contributed by atoms with Gasteiger partial charge < -0.3 is 15.6 Å². The van der Waals surface area contributed by atoms with E-state index in [2.05, 4.69) is 0 Å². The molecule has 1 heterocycles. The maximum absolute atomic E-state index is 11.9. The van der Waals surface area contributed by atoms with Crippen LogP contribution < -0.4 is 5.73 Å². The van der Waals surface area contributed by atoms with Crippen LogP contribution in [0, 0.1) is 0 Å². The molecule has 1 saturated heterocycles. The Morgan fingerprint density at radius 1 is 1.47 bits per heavy atom. The van der Waals surface area contributed by atoms with Gasteiger partial charge in [-0.3, -0.25) is 9.59 Å². The van der Waals surface area contributed by atoms with Gasteiger partial charge in [0.05, 0.1) is 0 Å². The standard InChI is InChI=1S/C11H19NO4S/c1-10(2,3)16-8(13)7-11(12,9(14)15)5-4-6-17-7/h7H,4-6,12H2,1-3H3,(H,14,15). The minimum atomic E-state index is -1.51. The average Bonchev–Trinajstić information content (AvgIpc) is 2.15. The van der Waals surface area contributed by atoms with Crippen molar-refractivity contribution in [3.8, 4) is 0 Å². The summed E-state index contributed by atoms with van der Waals surface area (Å²) in [6, 6.07) is 0. The zero-order valence-electron chi connectivity index (χ0n) is 10.4. The first kappa shape index (κ1) is 14.3. The zero-order valence-corrected chi connectivity index (χ0v) is 11.2. The van der Waals surface area contributed by atoms with E-state index in [9.17, 15) is 9.59 Å². The Bertz CT molecular complexity index is 326. The minimum absolute atomic E-state index is 0.305. The molecule has 0 amide bonds. The highest BCUT2D eigenvalue weighted by atomic mass is 32.2. The smallest absolute Gasteiger partial charge is 0.325 e. The van der Waals surface area contributed by atoms with Gasteiger partial charge in [-0.2, -0.15) is 0 Å². The normalized spacial score (nSPS) is 29.8. The van der Waals surface area contributed by atoms with E-state index in [-0.39, 0.29) is 0 Å². The second kappa shape index (κ2) is 4.86. The van der Waals surface area contributed by atoms with E-state index >= 15 is 0 Å². The largest absolute Gasteiger partial charge is 0.480 e. The first-order valence-corrected chi connectivity index (χ1v) is 6.58. The number of hydrogen-bond acceptors (Lipinski definition) is 5. The highest BCUT2D eigenvalue weighted by Gasteiger charge is 2.49. The van der Waals surface area contributed by atoms with Crippen molar-refractivity contribution in [3.05, 3.63) is 0 Å². The Hall–Kier alpha value is -0.750. The first-order chi connectivity index (χ1) is 7.67. The maximum Gasteiger partial charge on any atom is 0.325 e. The molecule has 6 heteroatoms. The van der Waals surface area contributed by atoms with E-state index in [1.807, 2.05) is 0 Å². The summed E-state index contributed by atoms with van der Waals surface area (Å²) in [5.41, 5.74) is 3.71. The average molecular weight is 261 g/mol. The molecule has 0 bridgehead atoms. The molecule has 0 aromatic heterocycles. The molecule has 1 aliphatic rings. The van der Waals surface area contributed by atoms with Crippen molar-refractivity contribution in [2.45, 2.75) is 50.0 Å². The maximum atomic E-state index is 11.9. The number of carboxylic acid groups (broad SMARTS) is 1. The SMILES string of the molecule is CC(C)(C)OC(=O)C1SCCCC1(N)C(=O)O. The van der Waals surface area contributed by atoms with Crippen molar-refractivity contribution in [2.24, 2.45) is 5.73 Å². The number of hydrogen-bond donors (Lipinski definition) is 2. The molecule has 2 atom stereocenters. The molecule has 0 spiro atoms. The van der Waals surface area contributed by atoms with Gasteiger partial charge >= 0.3 is 11.9 Å². The predicted molar refractivity (Wildman–Crippen MR) is 65.9 cm³/mol. The lowest BCUT2D eigenvalue weighted by molar-refractivity contribution is -0.160. The van der Waals surface area contributed by atoms with Gasteiger partial charge in [0.25, 0.3) is 0 Å². The van der Waals surface area contributed by atoms with Gasteiger partial charge in [0.2, 0.25) is 0 Å². The molecule has 1 aliphatic heterocycles. The Labute approximate surface area is 105 Å². The summed E-state index contributed by atoms with van der Waals surface area (Å²) in [5.74, 6) is -0.941. The number of esters is 1. The van der Waals surface area contributed by atoms with Crippen LogP contribution in [-0.2, 0) is 14.3 Å². The van der Waals surface area contributed by atoms with E-state index in [0.29, 0.717) is 12.8 Å². The number of carbonyl (C=O) groups is 2. The summed E-state index contributed by atoms with van der Waals surface area (Å²) in [6.45, 7) is 5.24. The predicted octanol–water partition coefficient (Wildman–Crippen LogP) is 1.01. The van der Waals surface area contributed by atoms with Gasteiger partial charge in [0.15, 0.2) is 0 Å². The lowest BCUT2D eigenvalue weighted by atomic mass is 9.90. The molecule has 0 aromatic carbocycles. The summed E-state index contributed by atoms with van der Waals surface area (Å²) in [6.07, 6.45) is 1.01. The number of ether oxygens (including phenoxy) is 1. The fourth-order valence-corrected chi connectivity index (χ4v) is 2.95. The Morgan fingerprint density at radius 3 is 2.53 bits per heavy atom. The number of thioether (sulfide) groups is 1. The summed E-state index contributed by atoms with van der Waals surface area (Å²) in [4.78, 5) is 23.2. The fourth-order valence-electron chi connectivity index (χ4n) is 1.70. The third kappa shape index (κ3) is 3.35. The van der Waals surface area contributed by atoms with Gasteiger partial charge in [-0.1, -0.05) is 0 Å². The molecule has 0 aromatic rings. The molecular formula is C11H19NO4S. The molecule has 17 heavy (non-hydrogen) atoms. The van der Waals surface area contributed by atoms with Crippen LogP contribution in [0.25, 0.3) is 0 Å². The van der Waals surface area contributed by atoms with Crippen molar-refractivity contribution in [1.29, 1.82) is 0 Å². The third-order valence-electron chi connectivity index (χ3n) is 2.51. The lowest BCUT2D eigenvalue weighted by Crippen LogP contribution is -2.61. The molecule has 3 N–H and O–H groups in total. The van der Waals surface area contributed by atoms with Crippen molar-refractivity contribution < 1.29 is 19.4 Å². The van der Waals surface area contributed by atoms with Crippen molar-refractivity contribution in [1.82, 2.24) is 0 Å². The Kier molecular flexibility index (Phi) is 4.09. The van der Waals surface area contributed by atoms with E-state index < -0.39 is 28.3 Å². The zero-order chi connectivity index (χ0) is 13.3. The van der Waals surface area contributed by atoms with Crippen LogP contribution in [0.15, 0.2) is 0 Å². The van der Waals surface area contributed by atoms with Crippen LogP contribution in [0.5, 0.6) is 0 Å². The summed E-state index contributed by atoms with van der Waals surface area (Å²) in [7, 11) is 0. The van der Waals surface area contributed by atoms with Crippen molar-refractivity contribution >= 4 is 23.7 Å². The number of carbonyl (C=O) groups excluding carboxylic acids is 1. The van der Waals surface area contributed by atoms with E-state index in [1.165, 1.54) is 11.8 Å². The molecule has 1 rings (SSSR count). The van der Waals surface area contributed by atoms with Gasteiger partial charge in [0, 0.05) is 0 Å². The molecule has 0 saturated carbocycles. The minimum Gasteiger partial charge on any atom is -0.480 e. The highest BCUT2D eigenvalue weighted by molar-refractivity contribution is 8.00. The summed E-state index contributed by atoms with van der Waals surface area (Å²) >= 11 is 1.27. The van der Waals surface area contributed by atoms with E-state index in [0.717, 1.165) is 5.75 Å². The second-order valence-electron chi connectivity index (χ2n) is 5.23. The van der Waals surface area contributed by atoms with Crippen LogP contribution in [-0.4, -0.2) is 39.2 Å². The molecule has 0 radical (unpaired) electrons. The molecular weight excluding hydrogens is 242 g/mol. The number of carboxylic acids is 1. The Balaban J connectivity index is 2.86. The number of nitrogens with two attached hydrogens (primary N) is 1. The van der Waals surface area contributed by atoms with Crippen molar-refractivity contribution in [3.63, 3.8) is 0 Å². The third-order valence-corrected chi connectivity index (χ3v) is 3.98. The van der Waals surface area contributed by atoms with Crippen LogP contribution in [0.4, 0.5) is 0 Å². The van der Waals surface area contributed by atoms with Crippen LogP contribution in [0.3, 0.4) is 0 Å². The fraction of sp³-hybridized carbons (Fsp3) is 0.818. The highest BCUT2D eigenvalue weighted by Crippen LogP contribution is 2.34. The quantitative estimate of drug-likeness (QED) is 0.721. The summed E-state index contributed by atoms with van der Waals surface area (Å²) in [5, 5.41) is 8.34. The van der Waals surface area contributed by atoms with Gasteiger partial charge in [-0.25, -0.2) is 0 Å². The molecule has 98 valence electrons. The summed E-state index contributed by atoms with van der Waals surface area (Å²) < 4.78 is 5.22. The van der Waals surface area contributed by atoms with Crippen molar-refractivity contribution in [2.75, 3.05) is 5.75 Å². The van der Waals surface area contributed by atoms with Crippen LogP contribution in [0.2, 0.25) is 0 Å². The molecule has 2 unspecified atom stereocenters. The number of aliphatic carboxylic acids is 1. The van der Waals surface area contributed by atoms with Gasteiger partial charge in [-0.05, 0) is 39.4 Å².